The second-order valence-corrected chi connectivity index (χ2v) is 6.95. The number of hydrogen-bond acceptors (Lipinski definition) is 4. The molecule has 2 aromatic rings. The molecule has 3 nitrogen and oxygen atoms in total. The predicted molar refractivity (Wildman–Crippen MR) is 89.5 cm³/mol. The van der Waals surface area contributed by atoms with Gasteiger partial charge in [0.25, 0.3) is 0 Å². The van der Waals surface area contributed by atoms with Gasteiger partial charge in [-0.05, 0) is 25.9 Å². The van der Waals surface area contributed by atoms with Crippen molar-refractivity contribution in [3.63, 3.8) is 0 Å². The molecule has 1 aliphatic heterocycles. The van der Waals surface area contributed by atoms with E-state index in [9.17, 15) is 0 Å². The lowest BCUT2D eigenvalue weighted by Gasteiger charge is -2.35. The van der Waals surface area contributed by atoms with Gasteiger partial charge in [0, 0.05) is 30.1 Å². The van der Waals surface area contributed by atoms with Crippen LogP contribution >= 0.6 is 11.3 Å². The van der Waals surface area contributed by atoms with E-state index in [1.807, 2.05) is 6.07 Å². The largest absolute Gasteiger partial charge is 0.307 e. The minimum Gasteiger partial charge on any atom is -0.307 e. The molecule has 1 fully saturated rings. The van der Waals surface area contributed by atoms with Crippen LogP contribution in [0.5, 0.6) is 0 Å². The first kappa shape index (κ1) is 14.7. The zero-order valence-electron chi connectivity index (χ0n) is 12.7. The van der Waals surface area contributed by atoms with Gasteiger partial charge in [0.15, 0.2) is 0 Å². The van der Waals surface area contributed by atoms with E-state index < -0.39 is 0 Å². The fourth-order valence-electron chi connectivity index (χ4n) is 3.01. The van der Waals surface area contributed by atoms with Crippen LogP contribution in [-0.4, -0.2) is 36.1 Å². The lowest BCUT2D eigenvalue weighted by atomic mass is 9.94. The van der Waals surface area contributed by atoms with Crippen LogP contribution in [0.4, 0.5) is 0 Å². The molecular formula is C17H23N3S. The Morgan fingerprint density at radius 2 is 2.14 bits per heavy atom. The highest BCUT2D eigenvalue weighted by Gasteiger charge is 2.23. The Hall–Kier alpha value is -1.23. The smallest absolute Gasteiger partial charge is 0.107 e. The maximum atomic E-state index is 4.75. The van der Waals surface area contributed by atoms with Crippen molar-refractivity contribution in [3.05, 3.63) is 40.7 Å². The summed E-state index contributed by atoms with van der Waals surface area (Å²) in [5.41, 5.74) is 2.29. The van der Waals surface area contributed by atoms with Crippen molar-refractivity contribution in [2.75, 3.05) is 20.1 Å². The molecule has 1 N–H and O–H groups in total. The average molecular weight is 301 g/mol. The number of likely N-dealkylation sites (tertiary alicyclic amines) is 1. The molecule has 4 heteroatoms. The third-order valence-electron chi connectivity index (χ3n) is 4.25. The summed E-state index contributed by atoms with van der Waals surface area (Å²) >= 11 is 1.75. The van der Waals surface area contributed by atoms with E-state index >= 15 is 0 Å². The van der Waals surface area contributed by atoms with Crippen molar-refractivity contribution < 1.29 is 0 Å². The first-order valence-electron chi connectivity index (χ1n) is 7.64. The fourth-order valence-corrected chi connectivity index (χ4v) is 3.76. The van der Waals surface area contributed by atoms with Gasteiger partial charge in [0.05, 0.1) is 5.69 Å². The molecule has 2 unspecified atom stereocenters. The molecule has 1 saturated heterocycles. The summed E-state index contributed by atoms with van der Waals surface area (Å²) in [5.74, 6) is 0.706. The van der Waals surface area contributed by atoms with E-state index in [1.54, 1.807) is 11.3 Å². The molecule has 2 atom stereocenters. The van der Waals surface area contributed by atoms with Crippen LogP contribution in [0.25, 0.3) is 11.3 Å². The van der Waals surface area contributed by atoms with Crippen LogP contribution in [0.3, 0.4) is 0 Å². The van der Waals surface area contributed by atoms with Crippen molar-refractivity contribution in [3.8, 4) is 11.3 Å². The highest BCUT2D eigenvalue weighted by atomic mass is 32.1. The van der Waals surface area contributed by atoms with Crippen LogP contribution in [0, 0.1) is 5.92 Å². The number of rotatable bonds is 4. The van der Waals surface area contributed by atoms with Crippen molar-refractivity contribution in [2.24, 2.45) is 5.92 Å². The van der Waals surface area contributed by atoms with Crippen molar-refractivity contribution >= 4 is 11.3 Å². The summed E-state index contributed by atoms with van der Waals surface area (Å²) in [4.78, 5) is 7.17. The van der Waals surface area contributed by atoms with Gasteiger partial charge in [-0.2, -0.15) is 0 Å². The third-order valence-corrected chi connectivity index (χ3v) is 5.09. The molecule has 1 aliphatic rings. The van der Waals surface area contributed by atoms with Gasteiger partial charge in [0.1, 0.15) is 5.01 Å². The van der Waals surface area contributed by atoms with Crippen molar-refractivity contribution in [1.82, 2.24) is 15.2 Å². The zero-order chi connectivity index (χ0) is 14.7. The van der Waals surface area contributed by atoms with E-state index in [4.69, 9.17) is 4.98 Å². The Bertz CT molecular complexity index is 566. The van der Waals surface area contributed by atoms with Gasteiger partial charge < -0.3 is 10.2 Å². The first-order valence-corrected chi connectivity index (χ1v) is 8.52. The summed E-state index contributed by atoms with van der Waals surface area (Å²) in [6, 6.07) is 11.0. The number of nitrogens with one attached hydrogen (secondary N) is 1. The quantitative estimate of drug-likeness (QED) is 0.939. The normalized spacial score (nSPS) is 23.3. The lowest BCUT2D eigenvalue weighted by Crippen LogP contribution is -2.46. The Morgan fingerprint density at radius 1 is 1.33 bits per heavy atom. The third kappa shape index (κ3) is 3.70. The van der Waals surface area contributed by atoms with E-state index in [-0.39, 0.29) is 0 Å². The van der Waals surface area contributed by atoms with Gasteiger partial charge in [0.2, 0.25) is 0 Å². The molecule has 112 valence electrons. The molecule has 0 aliphatic carbocycles. The van der Waals surface area contributed by atoms with Crippen LogP contribution < -0.4 is 5.32 Å². The monoisotopic (exact) mass is 301 g/mol. The van der Waals surface area contributed by atoms with E-state index in [0.717, 1.165) is 12.2 Å². The molecular weight excluding hydrogens is 278 g/mol. The second-order valence-electron chi connectivity index (χ2n) is 6.01. The molecule has 0 radical (unpaired) electrons. The summed E-state index contributed by atoms with van der Waals surface area (Å²) < 4.78 is 0. The predicted octanol–water partition coefficient (Wildman–Crippen LogP) is 3.24. The number of piperidine rings is 1. The Morgan fingerprint density at radius 3 is 2.90 bits per heavy atom. The summed E-state index contributed by atoms with van der Waals surface area (Å²) in [5, 5.41) is 7.03. The highest BCUT2D eigenvalue weighted by Crippen LogP contribution is 2.22. The number of nitrogens with zero attached hydrogens (tertiary/aromatic N) is 2. The van der Waals surface area contributed by atoms with Gasteiger partial charge in [-0.15, -0.1) is 11.3 Å². The van der Waals surface area contributed by atoms with Gasteiger partial charge in [-0.1, -0.05) is 37.3 Å². The fraction of sp³-hybridized carbons (Fsp3) is 0.471. The Kier molecular flexibility index (Phi) is 4.68. The second kappa shape index (κ2) is 6.69. The van der Waals surface area contributed by atoms with Gasteiger partial charge in [-0.3, -0.25) is 0 Å². The summed E-state index contributed by atoms with van der Waals surface area (Å²) in [7, 11) is 2.21. The number of benzene rings is 1. The summed E-state index contributed by atoms with van der Waals surface area (Å²) in [6.45, 7) is 5.60. The molecule has 2 heterocycles. The van der Waals surface area contributed by atoms with Crippen LogP contribution in [-0.2, 0) is 6.54 Å². The van der Waals surface area contributed by atoms with Crippen molar-refractivity contribution in [2.45, 2.75) is 25.9 Å². The average Bonchev–Trinajstić information content (AvgIpc) is 2.96. The maximum absolute atomic E-state index is 4.75. The molecule has 1 aromatic heterocycles. The summed E-state index contributed by atoms with van der Waals surface area (Å²) in [6.07, 6.45) is 1.23. The molecule has 3 rings (SSSR count). The Labute approximate surface area is 131 Å². The minimum absolute atomic E-state index is 0.616. The van der Waals surface area contributed by atoms with E-state index in [2.05, 4.69) is 53.8 Å². The maximum Gasteiger partial charge on any atom is 0.107 e. The van der Waals surface area contributed by atoms with E-state index in [1.165, 1.54) is 30.1 Å². The number of thiazole rings is 1. The number of hydrogen-bond donors (Lipinski definition) is 1. The standard InChI is InChI=1S/C17H23N3S/c1-13-11-20(2)9-8-15(13)18-10-17-19-16(12-21-17)14-6-4-3-5-7-14/h3-7,12-13,15,18H,8-11H2,1-2H3. The van der Waals surface area contributed by atoms with Gasteiger partial charge in [-0.25, -0.2) is 4.98 Å². The van der Waals surface area contributed by atoms with Gasteiger partial charge >= 0.3 is 0 Å². The molecule has 21 heavy (non-hydrogen) atoms. The van der Waals surface area contributed by atoms with Crippen LogP contribution in [0.15, 0.2) is 35.7 Å². The molecule has 1 aromatic carbocycles. The molecule has 0 saturated carbocycles. The molecule has 0 spiro atoms. The number of aromatic nitrogens is 1. The lowest BCUT2D eigenvalue weighted by molar-refractivity contribution is 0.174. The molecule has 0 amide bonds. The first-order chi connectivity index (χ1) is 10.2. The highest BCUT2D eigenvalue weighted by molar-refractivity contribution is 7.09. The van der Waals surface area contributed by atoms with Crippen molar-refractivity contribution in [1.29, 1.82) is 0 Å². The SMILES string of the molecule is CC1CN(C)CCC1NCc1nc(-c2ccccc2)cs1. The zero-order valence-corrected chi connectivity index (χ0v) is 13.6. The Balaban J connectivity index is 1.58. The molecule has 0 bridgehead atoms. The van der Waals surface area contributed by atoms with Crippen LogP contribution in [0.2, 0.25) is 0 Å². The minimum atomic E-state index is 0.616. The van der Waals surface area contributed by atoms with E-state index in [0.29, 0.717) is 12.0 Å². The van der Waals surface area contributed by atoms with Crippen LogP contribution in [0.1, 0.15) is 18.4 Å². The topological polar surface area (TPSA) is 28.2 Å².